The Balaban J connectivity index is 2.29. The smallest absolute Gasteiger partial charge is 0.0474 e. The van der Waals surface area contributed by atoms with Gasteiger partial charge in [0, 0.05) is 66.8 Å². The van der Waals surface area contributed by atoms with E-state index in [2.05, 4.69) is 9.80 Å². The van der Waals surface area contributed by atoms with Crippen molar-refractivity contribution < 1.29 is 14.2 Å². The van der Waals surface area contributed by atoms with Crippen LogP contribution in [0.15, 0.2) is 0 Å². The van der Waals surface area contributed by atoms with E-state index in [1.54, 1.807) is 21.3 Å². The number of nitrogens with zero attached hydrogens (tertiary/aromatic N) is 2. The summed E-state index contributed by atoms with van der Waals surface area (Å²) < 4.78 is 15.6. The lowest BCUT2D eigenvalue weighted by atomic mass is 10.0. The molecule has 5 nitrogen and oxygen atoms in total. The molecule has 0 aromatic heterocycles. The highest BCUT2D eigenvalue weighted by atomic mass is 16.5. The van der Waals surface area contributed by atoms with Gasteiger partial charge in [0.25, 0.3) is 0 Å². The molecular formula is C17H36N2O3. The van der Waals surface area contributed by atoms with Crippen molar-refractivity contribution in [3.63, 3.8) is 0 Å². The SMILES string of the molecule is COCCCN1CCC(N(CCCOC)CCCOC)CC1. The summed E-state index contributed by atoms with van der Waals surface area (Å²) in [6, 6.07) is 0.729. The van der Waals surface area contributed by atoms with Gasteiger partial charge in [-0.15, -0.1) is 0 Å². The van der Waals surface area contributed by atoms with E-state index in [-0.39, 0.29) is 0 Å². The van der Waals surface area contributed by atoms with Crippen molar-refractivity contribution in [3.05, 3.63) is 0 Å². The minimum absolute atomic E-state index is 0.729. The van der Waals surface area contributed by atoms with Crippen molar-refractivity contribution in [2.24, 2.45) is 0 Å². The van der Waals surface area contributed by atoms with E-state index in [1.165, 1.54) is 32.5 Å². The van der Waals surface area contributed by atoms with Crippen LogP contribution in [0.4, 0.5) is 0 Å². The third kappa shape index (κ3) is 8.44. The number of piperidine rings is 1. The summed E-state index contributed by atoms with van der Waals surface area (Å²) >= 11 is 0. The van der Waals surface area contributed by atoms with Crippen LogP contribution in [0, 0.1) is 0 Å². The van der Waals surface area contributed by atoms with Crippen molar-refractivity contribution in [1.29, 1.82) is 0 Å². The van der Waals surface area contributed by atoms with E-state index in [4.69, 9.17) is 14.2 Å². The standard InChI is InChI=1S/C17H36N2O3/c1-20-14-4-9-18-12-7-17(8-13-18)19(10-5-15-21-2)11-6-16-22-3/h17H,4-16H2,1-3H3. The van der Waals surface area contributed by atoms with Gasteiger partial charge < -0.3 is 24.0 Å². The Morgan fingerprint density at radius 3 is 1.82 bits per heavy atom. The van der Waals surface area contributed by atoms with Crippen molar-refractivity contribution in [2.45, 2.75) is 38.1 Å². The molecule has 0 bridgehead atoms. The van der Waals surface area contributed by atoms with Gasteiger partial charge in [0.2, 0.25) is 0 Å². The van der Waals surface area contributed by atoms with E-state index in [9.17, 15) is 0 Å². The van der Waals surface area contributed by atoms with Crippen LogP contribution in [0.5, 0.6) is 0 Å². The molecule has 0 aromatic carbocycles. The molecule has 22 heavy (non-hydrogen) atoms. The normalized spacial score (nSPS) is 17.5. The highest BCUT2D eigenvalue weighted by molar-refractivity contribution is 4.80. The van der Waals surface area contributed by atoms with Crippen LogP contribution < -0.4 is 0 Å². The van der Waals surface area contributed by atoms with E-state index in [0.29, 0.717) is 0 Å². The second-order valence-corrected chi connectivity index (χ2v) is 6.15. The summed E-state index contributed by atoms with van der Waals surface area (Å²) in [4.78, 5) is 5.24. The number of methoxy groups -OCH3 is 3. The predicted molar refractivity (Wildman–Crippen MR) is 90.5 cm³/mol. The average Bonchev–Trinajstić information content (AvgIpc) is 2.55. The van der Waals surface area contributed by atoms with Crippen LogP contribution in [0.1, 0.15) is 32.1 Å². The van der Waals surface area contributed by atoms with Crippen molar-refractivity contribution in [3.8, 4) is 0 Å². The minimum atomic E-state index is 0.729. The highest BCUT2D eigenvalue weighted by Crippen LogP contribution is 2.17. The van der Waals surface area contributed by atoms with E-state index in [0.717, 1.165) is 58.2 Å². The maximum absolute atomic E-state index is 5.21. The predicted octanol–water partition coefficient (Wildman–Crippen LogP) is 1.86. The molecule has 0 amide bonds. The average molecular weight is 316 g/mol. The lowest BCUT2D eigenvalue weighted by Crippen LogP contribution is -2.46. The quantitative estimate of drug-likeness (QED) is 0.485. The molecule has 5 heteroatoms. The van der Waals surface area contributed by atoms with Crippen LogP contribution in [-0.2, 0) is 14.2 Å². The van der Waals surface area contributed by atoms with E-state index >= 15 is 0 Å². The van der Waals surface area contributed by atoms with Gasteiger partial charge in [-0.2, -0.15) is 0 Å². The monoisotopic (exact) mass is 316 g/mol. The molecule has 0 spiro atoms. The van der Waals surface area contributed by atoms with E-state index < -0.39 is 0 Å². The first-order chi connectivity index (χ1) is 10.8. The van der Waals surface area contributed by atoms with Gasteiger partial charge in [-0.05, 0) is 45.2 Å². The Kier molecular flexibility index (Phi) is 12.0. The number of rotatable bonds is 13. The fourth-order valence-electron chi connectivity index (χ4n) is 3.24. The minimum Gasteiger partial charge on any atom is -0.385 e. The van der Waals surface area contributed by atoms with Gasteiger partial charge >= 0.3 is 0 Å². The summed E-state index contributed by atoms with van der Waals surface area (Å²) in [7, 11) is 5.35. The lowest BCUT2D eigenvalue weighted by molar-refractivity contribution is 0.0824. The third-order valence-corrected chi connectivity index (χ3v) is 4.48. The lowest BCUT2D eigenvalue weighted by Gasteiger charge is -2.38. The molecule has 0 aliphatic carbocycles. The van der Waals surface area contributed by atoms with Gasteiger partial charge in [0.1, 0.15) is 0 Å². The van der Waals surface area contributed by atoms with Crippen LogP contribution in [0.25, 0.3) is 0 Å². The van der Waals surface area contributed by atoms with Crippen LogP contribution in [0.2, 0.25) is 0 Å². The fraction of sp³-hybridized carbons (Fsp3) is 1.00. The van der Waals surface area contributed by atoms with Gasteiger partial charge in [0.15, 0.2) is 0 Å². The second kappa shape index (κ2) is 13.3. The molecular weight excluding hydrogens is 280 g/mol. The molecule has 1 heterocycles. The molecule has 0 unspecified atom stereocenters. The highest BCUT2D eigenvalue weighted by Gasteiger charge is 2.23. The summed E-state index contributed by atoms with van der Waals surface area (Å²) in [6.07, 6.45) is 5.96. The zero-order valence-corrected chi connectivity index (χ0v) is 14.9. The second-order valence-electron chi connectivity index (χ2n) is 6.15. The Morgan fingerprint density at radius 2 is 1.32 bits per heavy atom. The molecule has 1 saturated heterocycles. The molecule has 0 aromatic rings. The molecule has 0 radical (unpaired) electrons. The summed E-state index contributed by atoms with van der Waals surface area (Å²) in [6.45, 7) is 8.50. The van der Waals surface area contributed by atoms with Crippen LogP contribution in [0.3, 0.4) is 0 Å². The molecule has 0 atom stereocenters. The fourth-order valence-corrected chi connectivity index (χ4v) is 3.24. The first-order valence-electron chi connectivity index (χ1n) is 8.75. The van der Waals surface area contributed by atoms with Crippen LogP contribution >= 0.6 is 0 Å². The number of likely N-dealkylation sites (tertiary alicyclic amines) is 1. The van der Waals surface area contributed by atoms with Gasteiger partial charge in [0.05, 0.1) is 0 Å². The largest absolute Gasteiger partial charge is 0.385 e. The van der Waals surface area contributed by atoms with Crippen molar-refractivity contribution >= 4 is 0 Å². The first-order valence-corrected chi connectivity index (χ1v) is 8.75. The van der Waals surface area contributed by atoms with Gasteiger partial charge in [-0.1, -0.05) is 0 Å². The van der Waals surface area contributed by atoms with Crippen molar-refractivity contribution in [1.82, 2.24) is 9.80 Å². The maximum atomic E-state index is 5.21. The topological polar surface area (TPSA) is 34.2 Å². The zero-order chi connectivity index (χ0) is 16.0. The van der Waals surface area contributed by atoms with Crippen LogP contribution in [-0.4, -0.2) is 89.7 Å². The van der Waals surface area contributed by atoms with E-state index in [1.807, 2.05) is 0 Å². The molecule has 0 N–H and O–H groups in total. The Labute approximate surface area is 136 Å². The summed E-state index contributed by atoms with van der Waals surface area (Å²) in [5, 5.41) is 0. The van der Waals surface area contributed by atoms with Crippen molar-refractivity contribution in [2.75, 3.05) is 73.9 Å². The Bertz CT molecular complexity index is 236. The molecule has 1 fully saturated rings. The number of hydrogen-bond donors (Lipinski definition) is 0. The molecule has 0 saturated carbocycles. The molecule has 132 valence electrons. The molecule has 1 rings (SSSR count). The number of hydrogen-bond acceptors (Lipinski definition) is 5. The number of ether oxygens (including phenoxy) is 3. The first kappa shape index (κ1) is 19.8. The molecule has 1 aliphatic rings. The molecule has 1 aliphatic heterocycles. The zero-order valence-electron chi connectivity index (χ0n) is 14.9. The Morgan fingerprint density at radius 1 is 0.818 bits per heavy atom. The summed E-state index contributed by atoms with van der Waals surface area (Å²) in [5.41, 5.74) is 0. The Hall–Kier alpha value is -0.200. The summed E-state index contributed by atoms with van der Waals surface area (Å²) in [5.74, 6) is 0. The third-order valence-electron chi connectivity index (χ3n) is 4.48. The maximum Gasteiger partial charge on any atom is 0.0474 e. The van der Waals surface area contributed by atoms with Gasteiger partial charge in [-0.3, -0.25) is 0 Å². The van der Waals surface area contributed by atoms with Gasteiger partial charge in [-0.25, -0.2) is 0 Å².